The molecule has 0 aliphatic rings. The van der Waals surface area contributed by atoms with E-state index in [2.05, 4.69) is 213 Å². The summed E-state index contributed by atoms with van der Waals surface area (Å²) >= 11 is 1.79. The average molecular weight is 825 g/mol. The molecule has 0 amide bonds. The lowest BCUT2D eigenvalue weighted by molar-refractivity contribution is 1.07. The topological polar surface area (TPSA) is 51.6 Å². The van der Waals surface area contributed by atoms with Gasteiger partial charge in [-0.05, 0) is 94.3 Å². The average Bonchev–Trinajstić information content (AvgIpc) is 3.72. The van der Waals surface area contributed by atoms with E-state index in [0.717, 1.165) is 55.9 Å². The first-order valence-corrected chi connectivity index (χ1v) is 22.0. The number of aryl methyl sites for hydroxylation is 2. The smallest absolute Gasteiger partial charge is 0.164 e. The van der Waals surface area contributed by atoms with Crippen LogP contribution in [0.5, 0.6) is 0 Å². The Kier molecular flexibility index (Phi) is 9.80. The lowest BCUT2D eigenvalue weighted by Crippen LogP contribution is -2.01. The number of pyridine rings is 1. The van der Waals surface area contributed by atoms with E-state index in [9.17, 15) is 0 Å². The van der Waals surface area contributed by atoms with E-state index in [1.54, 1.807) is 11.3 Å². The van der Waals surface area contributed by atoms with Gasteiger partial charge in [-0.1, -0.05) is 176 Å². The van der Waals surface area contributed by atoms with Gasteiger partial charge in [0.15, 0.2) is 17.5 Å². The van der Waals surface area contributed by atoms with Gasteiger partial charge in [0, 0.05) is 53.8 Å². The molecule has 0 radical (unpaired) electrons. The SMILES string of the molecule is Cc1ccc(-c2ccccc2-c2nc(-c3ccc(-c4c(-c5ccccc5)cc(-c5ccccc5)cc4-c4ccccc4)cc3)nc(-c3ccc4c(c3)sc3ccccc34)n2)c(C)n1. The van der Waals surface area contributed by atoms with Crippen LogP contribution in [0.2, 0.25) is 0 Å². The first-order chi connectivity index (χ1) is 31.0. The highest BCUT2D eigenvalue weighted by Gasteiger charge is 2.20. The van der Waals surface area contributed by atoms with Crippen molar-refractivity contribution in [1.82, 2.24) is 19.9 Å². The third-order valence-corrected chi connectivity index (χ3v) is 12.9. The summed E-state index contributed by atoms with van der Waals surface area (Å²) in [5, 5.41) is 2.50. The quantitative estimate of drug-likeness (QED) is 0.153. The van der Waals surface area contributed by atoms with Crippen LogP contribution in [0.3, 0.4) is 0 Å². The molecular weight excluding hydrogens is 785 g/mol. The fourth-order valence-electron chi connectivity index (χ4n) is 8.73. The minimum Gasteiger partial charge on any atom is -0.258 e. The molecule has 0 atom stereocenters. The minimum absolute atomic E-state index is 0.609. The fraction of sp³-hybridized carbons (Fsp3) is 0.0345. The van der Waals surface area contributed by atoms with Gasteiger partial charge in [0.25, 0.3) is 0 Å². The van der Waals surface area contributed by atoms with Crippen LogP contribution in [-0.2, 0) is 0 Å². The Labute approximate surface area is 371 Å². The van der Waals surface area contributed by atoms with Crippen molar-refractivity contribution in [2.75, 3.05) is 0 Å². The van der Waals surface area contributed by atoms with Crippen LogP contribution in [0.1, 0.15) is 11.4 Å². The van der Waals surface area contributed by atoms with Crippen LogP contribution in [0.4, 0.5) is 0 Å². The molecule has 3 heterocycles. The summed E-state index contributed by atoms with van der Waals surface area (Å²) in [6.45, 7) is 4.09. The summed E-state index contributed by atoms with van der Waals surface area (Å²) in [7, 11) is 0. The normalized spacial score (nSPS) is 11.3. The summed E-state index contributed by atoms with van der Waals surface area (Å²) in [6, 6.07) is 73.2. The lowest BCUT2D eigenvalue weighted by Gasteiger charge is -2.19. The molecule has 0 saturated heterocycles. The van der Waals surface area contributed by atoms with Crippen molar-refractivity contribution in [2.24, 2.45) is 0 Å². The summed E-state index contributed by atoms with van der Waals surface area (Å²) in [5.41, 5.74) is 16.1. The second kappa shape index (κ2) is 16.2. The largest absolute Gasteiger partial charge is 0.258 e. The van der Waals surface area contributed by atoms with E-state index < -0.39 is 0 Å². The van der Waals surface area contributed by atoms with Crippen LogP contribution in [-0.4, -0.2) is 19.9 Å². The number of fused-ring (bicyclic) bond motifs is 3. The maximum atomic E-state index is 5.27. The fourth-order valence-corrected chi connectivity index (χ4v) is 9.88. The van der Waals surface area contributed by atoms with Gasteiger partial charge in [0.1, 0.15) is 0 Å². The Hall–Kier alpha value is -7.86. The predicted molar refractivity (Wildman–Crippen MR) is 263 cm³/mol. The third kappa shape index (κ3) is 7.28. The second-order valence-corrected chi connectivity index (χ2v) is 17.0. The zero-order chi connectivity index (χ0) is 42.3. The van der Waals surface area contributed by atoms with Crippen LogP contribution >= 0.6 is 11.3 Å². The number of rotatable bonds is 8. The molecule has 11 aromatic rings. The molecule has 63 heavy (non-hydrogen) atoms. The van der Waals surface area contributed by atoms with Crippen molar-refractivity contribution in [3.63, 3.8) is 0 Å². The number of benzene rings is 8. The Morgan fingerprint density at radius 1 is 0.302 bits per heavy atom. The summed E-state index contributed by atoms with van der Waals surface area (Å²) < 4.78 is 2.46. The molecule has 11 rings (SSSR count). The van der Waals surface area contributed by atoms with Crippen molar-refractivity contribution < 1.29 is 0 Å². The van der Waals surface area contributed by atoms with Gasteiger partial charge in [0.2, 0.25) is 0 Å². The molecule has 8 aromatic carbocycles. The number of nitrogens with zero attached hydrogens (tertiary/aromatic N) is 4. The van der Waals surface area contributed by atoms with E-state index in [1.165, 1.54) is 48.0 Å². The van der Waals surface area contributed by atoms with Gasteiger partial charge in [0.05, 0.1) is 0 Å². The van der Waals surface area contributed by atoms with Crippen molar-refractivity contribution in [3.05, 3.63) is 218 Å². The van der Waals surface area contributed by atoms with Gasteiger partial charge in [-0.2, -0.15) is 0 Å². The Balaban J connectivity index is 1.09. The highest BCUT2D eigenvalue weighted by Crippen LogP contribution is 2.44. The molecule has 0 unspecified atom stereocenters. The number of aromatic nitrogens is 4. The zero-order valence-corrected chi connectivity index (χ0v) is 35.6. The molecule has 0 aliphatic heterocycles. The Morgan fingerprint density at radius 2 is 0.825 bits per heavy atom. The van der Waals surface area contributed by atoms with Crippen molar-refractivity contribution in [2.45, 2.75) is 13.8 Å². The van der Waals surface area contributed by atoms with Crippen LogP contribution in [0.15, 0.2) is 206 Å². The summed E-state index contributed by atoms with van der Waals surface area (Å²) in [5.74, 6) is 1.85. The van der Waals surface area contributed by atoms with Gasteiger partial charge < -0.3 is 0 Å². The number of thiophene rings is 1. The molecule has 4 nitrogen and oxygen atoms in total. The van der Waals surface area contributed by atoms with Crippen molar-refractivity contribution >= 4 is 31.5 Å². The molecule has 298 valence electrons. The first kappa shape index (κ1) is 38.1. The molecule has 0 fully saturated rings. The van der Waals surface area contributed by atoms with Gasteiger partial charge in [-0.15, -0.1) is 11.3 Å². The zero-order valence-electron chi connectivity index (χ0n) is 34.8. The number of hydrogen-bond donors (Lipinski definition) is 0. The van der Waals surface area contributed by atoms with E-state index in [0.29, 0.717) is 17.5 Å². The van der Waals surface area contributed by atoms with E-state index in [1.807, 2.05) is 6.92 Å². The molecule has 0 saturated carbocycles. The minimum atomic E-state index is 0.609. The highest BCUT2D eigenvalue weighted by molar-refractivity contribution is 7.25. The Bertz CT molecular complexity index is 3390. The molecule has 0 spiro atoms. The van der Waals surface area contributed by atoms with E-state index in [-0.39, 0.29) is 0 Å². The monoisotopic (exact) mass is 824 g/mol. The molecule has 0 bridgehead atoms. The van der Waals surface area contributed by atoms with Gasteiger partial charge in [-0.25, -0.2) is 15.0 Å². The molecule has 0 aliphatic carbocycles. The predicted octanol–water partition coefficient (Wildman–Crippen LogP) is 15.6. The van der Waals surface area contributed by atoms with Crippen LogP contribution in [0.25, 0.3) is 110 Å². The van der Waals surface area contributed by atoms with E-state index >= 15 is 0 Å². The second-order valence-electron chi connectivity index (χ2n) is 15.9. The van der Waals surface area contributed by atoms with Crippen molar-refractivity contribution in [3.8, 4) is 89.8 Å². The van der Waals surface area contributed by atoms with Gasteiger partial charge in [-0.3, -0.25) is 4.98 Å². The third-order valence-electron chi connectivity index (χ3n) is 11.8. The molecule has 5 heteroatoms. The highest BCUT2D eigenvalue weighted by atomic mass is 32.1. The van der Waals surface area contributed by atoms with Crippen LogP contribution < -0.4 is 0 Å². The maximum Gasteiger partial charge on any atom is 0.164 e. The Morgan fingerprint density at radius 3 is 1.49 bits per heavy atom. The molecule has 3 aromatic heterocycles. The summed E-state index contributed by atoms with van der Waals surface area (Å²) in [4.78, 5) is 20.6. The summed E-state index contributed by atoms with van der Waals surface area (Å²) in [6.07, 6.45) is 0. The first-order valence-electron chi connectivity index (χ1n) is 21.2. The number of hydrogen-bond acceptors (Lipinski definition) is 5. The standard InChI is InChI=1S/C58H40N4S/c1-37-26-32-46(38(2)59-37)47-22-12-13-24-50(47)58-61-56(60-57(62-58)44-31-33-49-48-23-14-15-25-53(48)63-54(49)36-44)43-29-27-42(28-30-43)55-51(40-18-8-4-9-19-40)34-45(39-16-6-3-7-17-39)35-52(55)41-20-10-5-11-21-41/h3-36H,1-2H3. The van der Waals surface area contributed by atoms with Crippen LogP contribution in [0, 0.1) is 13.8 Å². The maximum absolute atomic E-state index is 5.27. The van der Waals surface area contributed by atoms with Gasteiger partial charge >= 0.3 is 0 Å². The van der Waals surface area contributed by atoms with E-state index in [4.69, 9.17) is 19.9 Å². The molecule has 0 N–H and O–H groups in total. The molecular formula is C58H40N4S. The lowest BCUT2D eigenvalue weighted by atomic mass is 9.84. The van der Waals surface area contributed by atoms with Crippen molar-refractivity contribution in [1.29, 1.82) is 0 Å².